The number of aromatic nitrogens is 1. The number of rotatable bonds is 4. The number of hydrogen-bond donors (Lipinski definition) is 0. The van der Waals surface area contributed by atoms with Crippen LogP contribution in [0.1, 0.15) is 18.2 Å². The van der Waals surface area contributed by atoms with Gasteiger partial charge in [0, 0.05) is 38.0 Å². The van der Waals surface area contributed by atoms with E-state index in [1.165, 1.54) is 16.9 Å². The molecule has 3 heteroatoms. The number of nitrogens with zero attached hydrogens (tertiary/aromatic N) is 2. The van der Waals surface area contributed by atoms with E-state index in [-0.39, 0.29) is 24.0 Å². The van der Waals surface area contributed by atoms with Gasteiger partial charge in [-0.05, 0) is 36.8 Å². The highest BCUT2D eigenvalue weighted by Gasteiger charge is 2.02. The van der Waals surface area contributed by atoms with E-state index < -0.39 is 0 Å². The van der Waals surface area contributed by atoms with Crippen molar-refractivity contribution in [1.29, 1.82) is 0 Å². The van der Waals surface area contributed by atoms with Crippen LogP contribution in [-0.4, -0.2) is 14.1 Å². The van der Waals surface area contributed by atoms with E-state index in [1.807, 2.05) is 0 Å². The zero-order valence-corrected chi connectivity index (χ0v) is 14.4. The van der Waals surface area contributed by atoms with Crippen LogP contribution in [0.2, 0.25) is 0 Å². The van der Waals surface area contributed by atoms with Crippen molar-refractivity contribution < 1.29 is 28.5 Å². The quantitative estimate of drug-likeness (QED) is 0.545. The monoisotopic (exact) mass is 380 g/mol. The van der Waals surface area contributed by atoms with Crippen molar-refractivity contribution in [2.45, 2.75) is 13.5 Å². The van der Waals surface area contributed by atoms with Gasteiger partial charge in [0.05, 0.1) is 0 Å². The van der Waals surface area contributed by atoms with Crippen molar-refractivity contribution in [3.05, 3.63) is 59.9 Å². The van der Waals surface area contributed by atoms with E-state index in [0.717, 1.165) is 6.54 Å². The molecule has 0 atom stereocenters. The Labute approximate surface area is 138 Å². The van der Waals surface area contributed by atoms with Crippen molar-refractivity contribution >= 4 is 17.8 Å². The molecule has 0 aliphatic rings. The smallest absolute Gasteiger partial charge is 0.205 e. The number of benzene rings is 1. The predicted octanol–water partition coefficient (Wildman–Crippen LogP) is 0.234. The summed E-state index contributed by atoms with van der Waals surface area (Å²) in [6.07, 6.45) is 6.42. The Morgan fingerprint density at radius 2 is 1.70 bits per heavy atom. The molecule has 0 aliphatic carbocycles. The number of pyridine rings is 1. The van der Waals surface area contributed by atoms with Crippen LogP contribution in [0.5, 0.6) is 0 Å². The van der Waals surface area contributed by atoms with Crippen LogP contribution in [0.3, 0.4) is 0 Å². The van der Waals surface area contributed by atoms with E-state index in [0.29, 0.717) is 0 Å². The molecule has 0 unspecified atom stereocenters. The van der Waals surface area contributed by atoms with Crippen molar-refractivity contribution in [3.63, 3.8) is 0 Å². The highest BCUT2D eigenvalue weighted by molar-refractivity contribution is 5.68. The van der Waals surface area contributed by atoms with Gasteiger partial charge in [-0.1, -0.05) is 12.1 Å². The van der Waals surface area contributed by atoms with Crippen molar-refractivity contribution in [2.75, 3.05) is 19.0 Å². The highest BCUT2D eigenvalue weighted by atomic mass is 127. The molecule has 0 amide bonds. The van der Waals surface area contributed by atoms with E-state index in [1.54, 1.807) is 0 Å². The number of aryl methyl sites for hydroxylation is 1. The second-order valence-corrected chi connectivity index (χ2v) is 4.73. The summed E-state index contributed by atoms with van der Waals surface area (Å²) in [5.41, 5.74) is 3.67. The van der Waals surface area contributed by atoms with Crippen LogP contribution in [-0.2, 0) is 6.54 Å². The van der Waals surface area contributed by atoms with Crippen LogP contribution in [0.15, 0.2) is 48.7 Å². The molecule has 2 rings (SSSR count). The molecule has 0 radical (unpaired) electrons. The molecule has 0 saturated heterocycles. The van der Waals surface area contributed by atoms with Gasteiger partial charge < -0.3 is 28.9 Å². The van der Waals surface area contributed by atoms with Gasteiger partial charge in [0.1, 0.15) is 6.54 Å². The fourth-order valence-electron chi connectivity index (χ4n) is 1.99. The lowest BCUT2D eigenvalue weighted by Crippen LogP contribution is -3.00. The Morgan fingerprint density at radius 3 is 2.30 bits per heavy atom. The second kappa shape index (κ2) is 8.04. The van der Waals surface area contributed by atoms with Gasteiger partial charge in [0.15, 0.2) is 6.20 Å². The van der Waals surface area contributed by atoms with Gasteiger partial charge in [-0.15, -0.1) is 0 Å². The van der Waals surface area contributed by atoms with Crippen molar-refractivity contribution in [2.24, 2.45) is 0 Å². The molecule has 106 valence electrons. The Kier molecular flexibility index (Phi) is 6.71. The fraction of sp³-hybridized carbons (Fsp3) is 0.235. The minimum atomic E-state index is 0. The third-order valence-corrected chi connectivity index (χ3v) is 3.17. The summed E-state index contributed by atoms with van der Waals surface area (Å²) in [6, 6.07) is 14.8. The zero-order valence-electron chi connectivity index (χ0n) is 12.3. The molecular formula is C17H21IN2. The Morgan fingerprint density at radius 1 is 1.00 bits per heavy atom. The number of anilines is 1. The minimum absolute atomic E-state index is 0. The van der Waals surface area contributed by atoms with Crippen molar-refractivity contribution in [1.82, 2.24) is 0 Å². The van der Waals surface area contributed by atoms with Gasteiger partial charge in [-0.3, -0.25) is 0 Å². The van der Waals surface area contributed by atoms with Crippen LogP contribution in [0.4, 0.5) is 5.69 Å². The standard InChI is InChI=1S/C17H21N2.HI/c1-4-19-14-6-5-7-17(19)13-10-15-8-11-16(12-9-15)18(2)3;/h5-14H,4H2,1-3H3;1H/q+1;/p-1. The lowest BCUT2D eigenvalue weighted by atomic mass is 10.1. The third kappa shape index (κ3) is 4.34. The maximum atomic E-state index is 2.23. The average molecular weight is 380 g/mol. The molecule has 0 N–H and O–H groups in total. The normalized spacial score (nSPS) is 10.3. The van der Waals surface area contributed by atoms with Gasteiger partial charge >= 0.3 is 0 Å². The maximum absolute atomic E-state index is 2.23. The largest absolute Gasteiger partial charge is 1.00 e. The maximum Gasteiger partial charge on any atom is 0.205 e. The third-order valence-electron chi connectivity index (χ3n) is 3.17. The molecule has 0 bridgehead atoms. The lowest BCUT2D eigenvalue weighted by Gasteiger charge is -2.11. The summed E-state index contributed by atoms with van der Waals surface area (Å²) >= 11 is 0. The molecule has 2 nitrogen and oxygen atoms in total. The average Bonchev–Trinajstić information content (AvgIpc) is 2.45. The lowest BCUT2D eigenvalue weighted by molar-refractivity contribution is -0.695. The summed E-state index contributed by atoms with van der Waals surface area (Å²) in [6.45, 7) is 3.14. The molecule has 1 aromatic carbocycles. The molecule has 1 aromatic heterocycles. The van der Waals surface area contributed by atoms with Gasteiger partial charge in [-0.25, -0.2) is 0 Å². The molecule has 0 fully saturated rings. The molecule has 0 spiro atoms. The molecule has 2 aromatic rings. The van der Waals surface area contributed by atoms with Crippen molar-refractivity contribution in [3.8, 4) is 0 Å². The number of hydrogen-bond acceptors (Lipinski definition) is 1. The van der Waals surface area contributed by atoms with E-state index in [9.17, 15) is 0 Å². The second-order valence-electron chi connectivity index (χ2n) is 4.73. The zero-order chi connectivity index (χ0) is 13.7. The van der Waals surface area contributed by atoms with Gasteiger partial charge in [-0.2, -0.15) is 4.57 Å². The predicted molar refractivity (Wildman–Crippen MR) is 82.0 cm³/mol. The van der Waals surface area contributed by atoms with Gasteiger partial charge in [0.25, 0.3) is 0 Å². The fourth-order valence-corrected chi connectivity index (χ4v) is 1.99. The van der Waals surface area contributed by atoms with E-state index in [4.69, 9.17) is 0 Å². The number of halogens is 1. The van der Waals surface area contributed by atoms with Crippen LogP contribution < -0.4 is 33.4 Å². The van der Waals surface area contributed by atoms with Crippen LogP contribution in [0, 0.1) is 0 Å². The van der Waals surface area contributed by atoms with E-state index in [2.05, 4.69) is 91.3 Å². The summed E-state index contributed by atoms with van der Waals surface area (Å²) in [7, 11) is 4.11. The summed E-state index contributed by atoms with van der Waals surface area (Å²) in [5, 5.41) is 0. The Hall–Kier alpha value is -1.36. The van der Waals surface area contributed by atoms with Gasteiger partial charge in [0.2, 0.25) is 5.69 Å². The highest BCUT2D eigenvalue weighted by Crippen LogP contribution is 2.13. The minimum Gasteiger partial charge on any atom is -1.00 e. The first-order chi connectivity index (χ1) is 9.20. The first-order valence-electron chi connectivity index (χ1n) is 6.64. The summed E-state index contributed by atoms with van der Waals surface area (Å²) in [4.78, 5) is 2.11. The molecule has 0 aliphatic heterocycles. The molecule has 1 heterocycles. The first kappa shape index (κ1) is 16.7. The molecule has 0 saturated carbocycles. The molecule has 20 heavy (non-hydrogen) atoms. The van der Waals surface area contributed by atoms with Crippen LogP contribution in [0.25, 0.3) is 12.2 Å². The topological polar surface area (TPSA) is 7.12 Å². The van der Waals surface area contributed by atoms with Crippen LogP contribution >= 0.6 is 0 Å². The molecular weight excluding hydrogens is 359 g/mol. The SMILES string of the molecule is CC[n+]1ccccc1/C=C/c1ccc(N(C)C)cc1.[I-]. The first-order valence-corrected chi connectivity index (χ1v) is 6.64. The summed E-state index contributed by atoms with van der Waals surface area (Å²) < 4.78 is 2.23. The Bertz CT molecular complexity index is 559. The summed E-state index contributed by atoms with van der Waals surface area (Å²) in [5.74, 6) is 0. The van der Waals surface area contributed by atoms with E-state index >= 15 is 0 Å². The Balaban J connectivity index is 0.00000200.